The molecular weight excluding hydrogens is 460 g/mol. The van der Waals surface area contributed by atoms with E-state index in [9.17, 15) is 22.0 Å². The zero-order valence-corrected chi connectivity index (χ0v) is 19.3. The van der Waals surface area contributed by atoms with Gasteiger partial charge in [0.05, 0.1) is 12.5 Å². The molecule has 0 saturated heterocycles. The van der Waals surface area contributed by atoms with Crippen LogP contribution in [0.15, 0.2) is 59.5 Å². The summed E-state index contributed by atoms with van der Waals surface area (Å²) in [7, 11) is -2.90. The van der Waals surface area contributed by atoms with E-state index >= 15 is 0 Å². The summed E-state index contributed by atoms with van der Waals surface area (Å²) >= 11 is 0. The van der Waals surface area contributed by atoms with Gasteiger partial charge in [0, 0.05) is 24.6 Å². The van der Waals surface area contributed by atoms with Crippen molar-refractivity contribution in [3.8, 4) is 5.75 Å². The summed E-state index contributed by atoms with van der Waals surface area (Å²) in [5.74, 6) is -0.994. The molecule has 1 saturated carbocycles. The molecule has 3 aromatic carbocycles. The number of hydrogen-bond acceptors (Lipinski definition) is 4. The van der Waals surface area contributed by atoms with Gasteiger partial charge in [0.25, 0.3) is 10.0 Å². The predicted molar refractivity (Wildman–Crippen MR) is 124 cm³/mol. The highest BCUT2D eigenvalue weighted by atomic mass is 32.2. The fraction of sp³-hybridized carbons (Fsp3) is 0.269. The van der Waals surface area contributed by atoms with E-state index in [2.05, 4.69) is 4.72 Å². The van der Waals surface area contributed by atoms with Crippen LogP contribution in [0.1, 0.15) is 41.5 Å². The first-order chi connectivity index (χ1) is 16.2. The van der Waals surface area contributed by atoms with Crippen LogP contribution in [0.25, 0.3) is 0 Å². The van der Waals surface area contributed by atoms with E-state index in [-0.39, 0.29) is 35.9 Å². The van der Waals surface area contributed by atoms with E-state index in [0.717, 1.165) is 29.7 Å². The summed E-state index contributed by atoms with van der Waals surface area (Å²) in [5, 5.41) is 0. The van der Waals surface area contributed by atoms with Gasteiger partial charge >= 0.3 is 0 Å². The lowest BCUT2D eigenvalue weighted by molar-refractivity contribution is -0.125. The minimum absolute atomic E-state index is 0.115. The standard InChI is InChI=1S/C26H23F2NO4S/c1-33-19-7-8-24(23(28)14-19)34(31,32)29-18-12-17(11-16-5-2-3-6-22(16)27)20-15-25(30)26(9-4-10-26)21(20)13-18/h2-3,5-8,12-14,29H,4,9-11,15H2,1H3. The van der Waals surface area contributed by atoms with Crippen molar-refractivity contribution in [1.82, 2.24) is 0 Å². The summed E-state index contributed by atoms with van der Waals surface area (Å²) in [5.41, 5.74) is 2.39. The number of methoxy groups -OCH3 is 1. The van der Waals surface area contributed by atoms with E-state index < -0.39 is 26.2 Å². The van der Waals surface area contributed by atoms with Gasteiger partial charge in [-0.3, -0.25) is 9.52 Å². The molecule has 8 heteroatoms. The number of nitrogens with one attached hydrogen (secondary N) is 1. The molecule has 0 heterocycles. The van der Waals surface area contributed by atoms with Crippen LogP contribution < -0.4 is 9.46 Å². The third-order valence-electron chi connectivity index (χ3n) is 6.96. The topological polar surface area (TPSA) is 72.5 Å². The van der Waals surface area contributed by atoms with Crippen molar-refractivity contribution < 1.29 is 26.7 Å². The zero-order valence-electron chi connectivity index (χ0n) is 18.5. The summed E-state index contributed by atoms with van der Waals surface area (Å²) in [6.07, 6.45) is 2.80. The highest BCUT2D eigenvalue weighted by Crippen LogP contribution is 2.52. The maximum Gasteiger partial charge on any atom is 0.264 e. The molecule has 0 atom stereocenters. The van der Waals surface area contributed by atoms with Gasteiger partial charge in [-0.25, -0.2) is 17.2 Å². The number of sulfonamides is 1. The maximum atomic E-state index is 14.5. The summed E-state index contributed by atoms with van der Waals surface area (Å²) in [6.45, 7) is 0. The van der Waals surface area contributed by atoms with E-state index in [1.165, 1.54) is 19.2 Å². The van der Waals surface area contributed by atoms with Crippen LogP contribution in [-0.4, -0.2) is 21.3 Å². The number of hydrogen-bond donors (Lipinski definition) is 1. The van der Waals surface area contributed by atoms with Gasteiger partial charge in [0.2, 0.25) is 0 Å². The molecule has 3 aromatic rings. The lowest BCUT2D eigenvalue weighted by Gasteiger charge is -2.38. The summed E-state index contributed by atoms with van der Waals surface area (Å²) in [6, 6.07) is 13.2. The van der Waals surface area contributed by atoms with E-state index in [1.807, 2.05) is 0 Å². The summed E-state index contributed by atoms with van der Waals surface area (Å²) in [4.78, 5) is 12.4. The number of ether oxygens (including phenoxy) is 1. The Kier molecular flexibility index (Phi) is 5.43. The van der Waals surface area contributed by atoms with Crippen molar-refractivity contribution in [2.45, 2.75) is 42.4 Å². The molecule has 2 aliphatic rings. The average Bonchev–Trinajstić information content (AvgIpc) is 3.07. The van der Waals surface area contributed by atoms with E-state index in [4.69, 9.17) is 4.74 Å². The van der Waals surface area contributed by atoms with Crippen LogP contribution in [0.2, 0.25) is 0 Å². The third kappa shape index (κ3) is 3.66. The predicted octanol–water partition coefficient (Wildman–Crippen LogP) is 4.91. The molecule has 0 radical (unpaired) electrons. The number of Topliss-reactive ketones (excluding diaryl/α,β-unsaturated/α-hetero) is 1. The molecule has 176 valence electrons. The van der Waals surface area contributed by atoms with Gasteiger partial charge in [-0.1, -0.05) is 24.6 Å². The lowest BCUT2D eigenvalue weighted by atomic mass is 9.64. The largest absolute Gasteiger partial charge is 0.497 e. The zero-order chi connectivity index (χ0) is 24.1. The molecule has 0 amide bonds. The van der Waals surface area contributed by atoms with Crippen LogP contribution in [0, 0.1) is 11.6 Å². The third-order valence-corrected chi connectivity index (χ3v) is 8.37. The first-order valence-electron chi connectivity index (χ1n) is 11.0. The molecular formula is C26H23F2NO4S. The highest BCUT2D eigenvalue weighted by molar-refractivity contribution is 7.92. The van der Waals surface area contributed by atoms with Gasteiger partial charge in [0.15, 0.2) is 0 Å². The molecule has 0 aliphatic heterocycles. The molecule has 5 rings (SSSR count). The molecule has 0 aromatic heterocycles. The Labute approximate surface area is 196 Å². The Morgan fingerprint density at radius 3 is 2.41 bits per heavy atom. The Morgan fingerprint density at radius 2 is 1.76 bits per heavy atom. The maximum absolute atomic E-state index is 14.5. The molecule has 1 N–H and O–H groups in total. The molecule has 34 heavy (non-hydrogen) atoms. The Morgan fingerprint density at radius 1 is 1.00 bits per heavy atom. The molecule has 0 unspecified atom stereocenters. The highest BCUT2D eigenvalue weighted by Gasteiger charge is 2.51. The van der Waals surface area contributed by atoms with Gasteiger partial charge in [0.1, 0.15) is 28.1 Å². The second kappa shape index (κ2) is 8.20. The normalized spacial score (nSPS) is 16.3. The fourth-order valence-corrected chi connectivity index (χ4v) is 6.13. The Bertz CT molecular complexity index is 1410. The molecule has 1 spiro atoms. The smallest absolute Gasteiger partial charge is 0.264 e. The Hall–Kier alpha value is -3.26. The number of benzene rings is 3. The van der Waals surface area contributed by atoms with Gasteiger partial charge in [-0.2, -0.15) is 0 Å². The van der Waals surface area contributed by atoms with Crippen LogP contribution in [-0.2, 0) is 33.1 Å². The van der Waals surface area contributed by atoms with Gasteiger partial charge < -0.3 is 4.74 Å². The monoisotopic (exact) mass is 483 g/mol. The number of fused-ring (bicyclic) bond motifs is 2. The fourth-order valence-electron chi connectivity index (χ4n) is 5.03. The van der Waals surface area contributed by atoms with Crippen LogP contribution >= 0.6 is 0 Å². The van der Waals surface area contributed by atoms with Gasteiger partial charge in [-0.05, 0) is 65.4 Å². The van der Waals surface area contributed by atoms with E-state index in [1.54, 1.807) is 30.3 Å². The summed E-state index contributed by atoms with van der Waals surface area (Å²) < 4.78 is 62.4. The number of halogens is 2. The second-order valence-corrected chi connectivity index (χ2v) is 10.5. The lowest BCUT2D eigenvalue weighted by Crippen LogP contribution is -2.39. The minimum Gasteiger partial charge on any atom is -0.497 e. The first-order valence-corrected chi connectivity index (χ1v) is 12.5. The van der Waals surface area contributed by atoms with Gasteiger partial charge in [-0.15, -0.1) is 0 Å². The number of carbonyl (C=O) groups is 1. The van der Waals surface area contributed by atoms with E-state index in [0.29, 0.717) is 24.0 Å². The number of rotatable bonds is 6. The molecule has 0 bridgehead atoms. The van der Waals surface area contributed by atoms with Crippen molar-refractivity contribution >= 4 is 21.5 Å². The average molecular weight is 484 g/mol. The molecule has 5 nitrogen and oxygen atoms in total. The SMILES string of the molecule is COc1ccc(S(=O)(=O)Nc2cc(Cc3ccccc3F)c3c(c2)C2(CCC2)C(=O)C3)c(F)c1. The number of ketones is 1. The quantitative estimate of drug-likeness (QED) is 0.541. The second-order valence-electron chi connectivity index (χ2n) is 8.87. The molecule has 1 fully saturated rings. The van der Waals surface area contributed by atoms with Crippen molar-refractivity contribution in [1.29, 1.82) is 0 Å². The minimum atomic E-state index is -4.26. The molecule has 2 aliphatic carbocycles. The van der Waals surface area contributed by atoms with Crippen molar-refractivity contribution in [3.63, 3.8) is 0 Å². The van der Waals surface area contributed by atoms with Crippen LogP contribution in [0.4, 0.5) is 14.5 Å². The Balaban J connectivity index is 1.58. The van der Waals surface area contributed by atoms with Crippen molar-refractivity contribution in [2.75, 3.05) is 11.8 Å². The van der Waals surface area contributed by atoms with Crippen molar-refractivity contribution in [2.24, 2.45) is 0 Å². The van der Waals surface area contributed by atoms with Crippen LogP contribution in [0.5, 0.6) is 5.75 Å². The first kappa shape index (κ1) is 22.5. The number of carbonyl (C=O) groups excluding carboxylic acids is 1. The van der Waals surface area contributed by atoms with Crippen molar-refractivity contribution in [3.05, 3.63) is 88.5 Å². The van der Waals surface area contributed by atoms with Crippen LogP contribution in [0.3, 0.4) is 0 Å². The number of anilines is 1.